The van der Waals surface area contributed by atoms with Crippen LogP contribution in [0.3, 0.4) is 0 Å². The van der Waals surface area contributed by atoms with Crippen molar-refractivity contribution in [1.29, 1.82) is 0 Å². The number of rotatable bonds is 10. The van der Waals surface area contributed by atoms with Crippen LogP contribution in [-0.2, 0) is 10.2 Å². The number of hydrogen-bond acceptors (Lipinski definition) is 4. The van der Waals surface area contributed by atoms with E-state index in [0.717, 1.165) is 71.6 Å². The van der Waals surface area contributed by atoms with Crippen molar-refractivity contribution in [2.75, 3.05) is 26.2 Å². The highest BCUT2D eigenvalue weighted by Crippen LogP contribution is 2.51. The zero-order valence-corrected chi connectivity index (χ0v) is 23.9. The zero-order chi connectivity index (χ0) is 27.6. The van der Waals surface area contributed by atoms with Gasteiger partial charge in [0.25, 0.3) is 5.91 Å². The Balaban J connectivity index is 1.25. The summed E-state index contributed by atoms with van der Waals surface area (Å²) in [7, 11) is 0. The molecule has 7 heteroatoms. The number of aryl methyl sites for hydroxylation is 1. The van der Waals surface area contributed by atoms with Crippen LogP contribution in [0.4, 0.5) is 4.39 Å². The van der Waals surface area contributed by atoms with E-state index in [2.05, 4.69) is 39.8 Å². The van der Waals surface area contributed by atoms with E-state index in [-0.39, 0.29) is 24.4 Å². The van der Waals surface area contributed by atoms with Crippen molar-refractivity contribution in [3.05, 3.63) is 81.5 Å². The number of carbonyl (C=O) groups excluding carboxylic acids is 2. The molecule has 5 nitrogen and oxygen atoms in total. The van der Waals surface area contributed by atoms with Gasteiger partial charge in [-0.3, -0.25) is 9.59 Å². The van der Waals surface area contributed by atoms with Crippen molar-refractivity contribution in [3.8, 4) is 11.1 Å². The Hall–Kier alpha value is -3.03. The van der Waals surface area contributed by atoms with Crippen LogP contribution >= 0.6 is 11.3 Å². The number of fused-ring (bicyclic) bond motifs is 3. The fourth-order valence-electron chi connectivity index (χ4n) is 6.13. The number of halogens is 1. The molecule has 1 saturated heterocycles. The molecule has 1 aromatic heterocycles. The van der Waals surface area contributed by atoms with E-state index in [1.54, 1.807) is 0 Å². The van der Waals surface area contributed by atoms with Gasteiger partial charge in [0.05, 0.1) is 11.4 Å². The molecule has 1 aliphatic heterocycles. The number of nitrogens with zero attached hydrogens (tertiary/aromatic N) is 1. The van der Waals surface area contributed by atoms with Gasteiger partial charge >= 0.3 is 0 Å². The maximum atomic E-state index is 14.4. The van der Waals surface area contributed by atoms with Gasteiger partial charge in [0.1, 0.15) is 11.1 Å². The summed E-state index contributed by atoms with van der Waals surface area (Å²) in [5.74, 6) is -0.101. The van der Waals surface area contributed by atoms with Gasteiger partial charge in [0, 0.05) is 19.1 Å². The Morgan fingerprint density at radius 2 is 1.72 bits per heavy atom. The van der Waals surface area contributed by atoms with Gasteiger partial charge in [0.15, 0.2) is 0 Å². The number of benzene rings is 2. The summed E-state index contributed by atoms with van der Waals surface area (Å²) in [5.41, 5.74) is 2.89. The second-order valence-electron chi connectivity index (χ2n) is 11.5. The average molecular weight is 548 g/mol. The molecule has 1 atom stereocenters. The number of carbonyl (C=O) groups is 2. The van der Waals surface area contributed by atoms with Gasteiger partial charge in [-0.15, -0.1) is 11.3 Å². The lowest BCUT2D eigenvalue weighted by Crippen LogP contribution is -2.47. The van der Waals surface area contributed by atoms with E-state index in [1.165, 1.54) is 25.2 Å². The Bertz CT molecular complexity index is 1300. The molecule has 0 spiro atoms. The minimum atomic E-state index is -1.49. The molecule has 0 saturated carbocycles. The Labute approximate surface area is 234 Å². The van der Waals surface area contributed by atoms with Crippen molar-refractivity contribution in [1.82, 2.24) is 15.5 Å². The standard InChI is InChI=1S/C32H38FN3O2S/c1-22-15-19-39-28(22)29(37)35-23-14-18-36(20-23)17-9-8-16-32(30(38)34-21-31(2,3)33)26-12-6-4-10-24(26)25-11-5-7-13-27(25)32/h4-7,10-13,15,19,23H,8-9,14,16-18,20-21H2,1-3H3,(H,34,38)(H,35,37). The molecule has 0 radical (unpaired) electrons. The maximum absolute atomic E-state index is 14.4. The molecule has 2 aromatic carbocycles. The Kier molecular flexibility index (Phi) is 7.92. The average Bonchev–Trinajstić information content (AvgIpc) is 3.62. The number of likely N-dealkylation sites (tertiary alicyclic amines) is 1. The third-order valence-corrected chi connectivity index (χ3v) is 9.09. The minimum absolute atomic E-state index is 0.0240. The molecule has 0 bridgehead atoms. The molecule has 2 amide bonds. The molecule has 2 heterocycles. The van der Waals surface area contributed by atoms with Gasteiger partial charge in [-0.2, -0.15) is 0 Å². The first-order valence-corrected chi connectivity index (χ1v) is 14.8. The highest BCUT2D eigenvalue weighted by Gasteiger charge is 2.48. The second-order valence-corrected chi connectivity index (χ2v) is 12.5. The number of thiophene rings is 1. The Morgan fingerprint density at radius 3 is 2.33 bits per heavy atom. The minimum Gasteiger partial charge on any atom is -0.352 e. The van der Waals surface area contributed by atoms with E-state index in [0.29, 0.717) is 6.42 Å². The first-order valence-electron chi connectivity index (χ1n) is 13.9. The molecule has 3 aromatic rings. The van der Waals surface area contributed by atoms with E-state index < -0.39 is 11.1 Å². The lowest BCUT2D eigenvalue weighted by atomic mass is 9.73. The van der Waals surface area contributed by atoms with Crippen LogP contribution in [0.15, 0.2) is 60.0 Å². The highest BCUT2D eigenvalue weighted by atomic mass is 32.1. The number of amides is 2. The Morgan fingerprint density at radius 1 is 1.05 bits per heavy atom. The molecule has 2 aliphatic rings. The third kappa shape index (κ3) is 5.66. The third-order valence-electron chi connectivity index (χ3n) is 8.07. The molecule has 1 aliphatic carbocycles. The summed E-state index contributed by atoms with van der Waals surface area (Å²) in [5, 5.41) is 8.10. The SMILES string of the molecule is Cc1ccsc1C(=O)NC1CCN(CCCCC2(C(=O)NCC(C)(C)F)c3ccccc3-c3ccccc32)C1. The first kappa shape index (κ1) is 27.5. The summed E-state index contributed by atoms with van der Waals surface area (Å²) < 4.78 is 14.4. The molecular weight excluding hydrogens is 509 g/mol. The fourth-order valence-corrected chi connectivity index (χ4v) is 6.96. The van der Waals surface area contributed by atoms with Gasteiger partial charge in [-0.25, -0.2) is 4.39 Å². The van der Waals surface area contributed by atoms with Crippen LogP contribution < -0.4 is 10.6 Å². The van der Waals surface area contributed by atoms with Gasteiger partial charge in [0.2, 0.25) is 5.91 Å². The van der Waals surface area contributed by atoms with Crippen molar-refractivity contribution < 1.29 is 14.0 Å². The summed E-state index contributed by atoms with van der Waals surface area (Å²) in [4.78, 5) is 29.8. The predicted molar refractivity (Wildman–Crippen MR) is 156 cm³/mol. The van der Waals surface area contributed by atoms with Crippen molar-refractivity contribution in [2.45, 2.75) is 63.6 Å². The van der Waals surface area contributed by atoms with Gasteiger partial charge in [-0.05, 0) is 85.8 Å². The van der Waals surface area contributed by atoms with Crippen LogP contribution in [0.2, 0.25) is 0 Å². The van der Waals surface area contributed by atoms with Crippen LogP contribution in [0, 0.1) is 6.92 Å². The van der Waals surface area contributed by atoms with E-state index in [4.69, 9.17) is 0 Å². The van der Waals surface area contributed by atoms with Crippen molar-refractivity contribution in [3.63, 3.8) is 0 Å². The van der Waals surface area contributed by atoms with Gasteiger partial charge < -0.3 is 15.5 Å². The van der Waals surface area contributed by atoms with Crippen molar-refractivity contribution in [2.24, 2.45) is 0 Å². The second kappa shape index (κ2) is 11.2. The molecule has 206 valence electrons. The normalized spacial score (nSPS) is 18.0. The summed E-state index contributed by atoms with van der Waals surface area (Å²) in [6, 6.07) is 18.4. The number of hydrogen-bond donors (Lipinski definition) is 2. The fraction of sp³-hybridized carbons (Fsp3) is 0.438. The summed E-state index contributed by atoms with van der Waals surface area (Å²) in [6.07, 6.45) is 3.41. The smallest absolute Gasteiger partial charge is 0.261 e. The summed E-state index contributed by atoms with van der Waals surface area (Å²) >= 11 is 1.49. The number of alkyl halides is 1. The van der Waals surface area contributed by atoms with Crippen LogP contribution in [-0.4, -0.2) is 54.6 Å². The molecule has 5 rings (SSSR count). The summed E-state index contributed by atoms with van der Waals surface area (Å²) in [6.45, 7) is 7.65. The van der Waals surface area contributed by atoms with Crippen LogP contribution in [0.5, 0.6) is 0 Å². The van der Waals surface area contributed by atoms with E-state index in [1.807, 2.05) is 42.6 Å². The molecule has 39 heavy (non-hydrogen) atoms. The number of unbranched alkanes of at least 4 members (excludes halogenated alkanes) is 1. The zero-order valence-electron chi connectivity index (χ0n) is 23.1. The number of nitrogens with one attached hydrogen (secondary N) is 2. The topological polar surface area (TPSA) is 61.4 Å². The lowest BCUT2D eigenvalue weighted by Gasteiger charge is -2.32. The molecule has 1 fully saturated rings. The van der Waals surface area contributed by atoms with E-state index in [9.17, 15) is 14.0 Å². The van der Waals surface area contributed by atoms with Crippen LogP contribution in [0.25, 0.3) is 11.1 Å². The quantitative estimate of drug-likeness (QED) is 0.313. The van der Waals surface area contributed by atoms with Crippen molar-refractivity contribution >= 4 is 23.2 Å². The monoisotopic (exact) mass is 547 g/mol. The first-order chi connectivity index (χ1) is 18.7. The highest BCUT2D eigenvalue weighted by molar-refractivity contribution is 7.12. The van der Waals surface area contributed by atoms with E-state index >= 15 is 0 Å². The predicted octanol–water partition coefficient (Wildman–Crippen LogP) is 5.86. The van der Waals surface area contributed by atoms with Gasteiger partial charge in [-0.1, -0.05) is 55.0 Å². The largest absolute Gasteiger partial charge is 0.352 e. The van der Waals surface area contributed by atoms with Crippen LogP contribution in [0.1, 0.15) is 65.9 Å². The lowest BCUT2D eigenvalue weighted by molar-refractivity contribution is -0.126. The maximum Gasteiger partial charge on any atom is 0.261 e. The molecule has 2 N–H and O–H groups in total. The molecule has 1 unspecified atom stereocenters. The molecular formula is C32H38FN3O2S.